The normalized spacial score (nSPS) is 14.8. The van der Waals surface area contributed by atoms with Crippen molar-refractivity contribution in [3.8, 4) is 0 Å². The third kappa shape index (κ3) is 3.50. The van der Waals surface area contributed by atoms with Gasteiger partial charge in [-0.2, -0.15) is 0 Å². The first-order valence-electron chi connectivity index (χ1n) is 7.87. The summed E-state index contributed by atoms with van der Waals surface area (Å²) in [6, 6.07) is 7.16. The minimum Gasteiger partial charge on any atom is -0.366 e. The second-order valence-corrected chi connectivity index (χ2v) is 5.84. The Morgan fingerprint density at radius 1 is 1.17 bits per heavy atom. The first kappa shape index (κ1) is 16.3. The van der Waals surface area contributed by atoms with Crippen molar-refractivity contribution in [2.24, 2.45) is 7.05 Å². The molecule has 1 N–H and O–H groups in total. The minimum atomic E-state index is -0.464. The van der Waals surface area contributed by atoms with Gasteiger partial charge in [0.2, 0.25) is 0 Å². The third-order valence-corrected chi connectivity index (χ3v) is 4.29. The van der Waals surface area contributed by atoms with Crippen LogP contribution in [0.5, 0.6) is 0 Å². The van der Waals surface area contributed by atoms with Gasteiger partial charge in [0.25, 0.3) is 0 Å². The zero-order chi connectivity index (χ0) is 17.1. The maximum atomic E-state index is 13.8. The predicted octanol–water partition coefficient (Wildman–Crippen LogP) is 2.34. The molecule has 5 nitrogen and oxygen atoms in total. The molecule has 1 fully saturated rings. The zero-order valence-electron chi connectivity index (χ0n) is 13.5. The molecule has 0 bridgehead atoms. The Morgan fingerprint density at radius 3 is 2.58 bits per heavy atom. The molecule has 0 saturated carbocycles. The lowest BCUT2D eigenvalue weighted by Crippen LogP contribution is -2.52. The standard InChI is InChI=1S/C17H20F2N4O/c1-21-6-2-3-14(21)12-20-17(24)23-9-7-22(8-10-23)16-11-13(18)4-5-15(16)19/h2-6,11H,7-10,12H2,1H3,(H,20,24). The number of aromatic nitrogens is 1. The van der Waals surface area contributed by atoms with E-state index in [-0.39, 0.29) is 11.7 Å². The first-order chi connectivity index (χ1) is 11.5. The zero-order valence-corrected chi connectivity index (χ0v) is 13.5. The van der Waals surface area contributed by atoms with E-state index in [2.05, 4.69) is 5.32 Å². The number of anilines is 1. The number of carbonyl (C=O) groups is 1. The fourth-order valence-electron chi connectivity index (χ4n) is 2.84. The number of amides is 2. The molecule has 2 aromatic rings. The van der Waals surface area contributed by atoms with Crippen LogP contribution < -0.4 is 10.2 Å². The lowest BCUT2D eigenvalue weighted by molar-refractivity contribution is 0.193. The van der Waals surface area contributed by atoms with Gasteiger partial charge in [-0.25, -0.2) is 13.6 Å². The van der Waals surface area contributed by atoms with Gasteiger partial charge in [0.15, 0.2) is 0 Å². The van der Waals surface area contributed by atoms with Crippen LogP contribution in [0, 0.1) is 11.6 Å². The summed E-state index contributed by atoms with van der Waals surface area (Å²) >= 11 is 0. The molecule has 1 aliphatic rings. The van der Waals surface area contributed by atoms with Crippen LogP contribution in [0.3, 0.4) is 0 Å². The summed E-state index contributed by atoms with van der Waals surface area (Å²) in [7, 11) is 1.92. The van der Waals surface area contributed by atoms with Gasteiger partial charge in [0.1, 0.15) is 11.6 Å². The summed E-state index contributed by atoms with van der Waals surface area (Å²) in [5.41, 5.74) is 1.27. The number of urea groups is 1. The number of aryl methyl sites for hydroxylation is 1. The van der Waals surface area contributed by atoms with Crippen LogP contribution in [0.2, 0.25) is 0 Å². The van der Waals surface area contributed by atoms with E-state index in [9.17, 15) is 13.6 Å². The quantitative estimate of drug-likeness (QED) is 0.936. The van der Waals surface area contributed by atoms with Crippen LogP contribution in [0.25, 0.3) is 0 Å². The van der Waals surface area contributed by atoms with E-state index in [0.29, 0.717) is 32.7 Å². The topological polar surface area (TPSA) is 40.5 Å². The van der Waals surface area contributed by atoms with Gasteiger partial charge >= 0.3 is 6.03 Å². The maximum absolute atomic E-state index is 13.8. The Kier molecular flexibility index (Phi) is 4.69. The van der Waals surface area contributed by atoms with E-state index >= 15 is 0 Å². The van der Waals surface area contributed by atoms with Crippen molar-refractivity contribution in [1.82, 2.24) is 14.8 Å². The SMILES string of the molecule is Cn1cccc1CNC(=O)N1CCN(c2cc(F)ccc2F)CC1. The van der Waals surface area contributed by atoms with Crippen molar-refractivity contribution in [1.29, 1.82) is 0 Å². The highest BCUT2D eigenvalue weighted by atomic mass is 19.1. The van der Waals surface area contributed by atoms with Crippen molar-refractivity contribution >= 4 is 11.7 Å². The van der Waals surface area contributed by atoms with Crippen molar-refractivity contribution in [2.75, 3.05) is 31.1 Å². The van der Waals surface area contributed by atoms with Gasteiger partial charge in [0, 0.05) is 51.2 Å². The third-order valence-electron chi connectivity index (χ3n) is 4.29. The minimum absolute atomic E-state index is 0.143. The van der Waals surface area contributed by atoms with Crippen LogP contribution in [-0.2, 0) is 13.6 Å². The predicted molar refractivity (Wildman–Crippen MR) is 87.8 cm³/mol. The molecule has 1 aliphatic heterocycles. The number of halogens is 2. The lowest BCUT2D eigenvalue weighted by Gasteiger charge is -2.36. The second-order valence-electron chi connectivity index (χ2n) is 5.84. The largest absolute Gasteiger partial charge is 0.366 e. The summed E-state index contributed by atoms with van der Waals surface area (Å²) in [6.07, 6.45) is 1.92. The monoisotopic (exact) mass is 334 g/mol. The fourth-order valence-corrected chi connectivity index (χ4v) is 2.84. The molecule has 0 unspecified atom stereocenters. The Bertz CT molecular complexity index is 723. The van der Waals surface area contributed by atoms with E-state index < -0.39 is 11.6 Å². The van der Waals surface area contributed by atoms with Crippen molar-refractivity contribution in [3.05, 3.63) is 53.9 Å². The number of rotatable bonds is 3. The van der Waals surface area contributed by atoms with Gasteiger partial charge in [-0.1, -0.05) is 0 Å². The smallest absolute Gasteiger partial charge is 0.317 e. The van der Waals surface area contributed by atoms with Crippen molar-refractivity contribution in [3.63, 3.8) is 0 Å². The highest BCUT2D eigenvalue weighted by Gasteiger charge is 2.23. The summed E-state index contributed by atoms with van der Waals surface area (Å²) in [5.74, 6) is -0.910. The molecule has 1 aromatic carbocycles. The molecule has 1 aromatic heterocycles. The number of piperazine rings is 1. The molecule has 1 saturated heterocycles. The molecule has 0 radical (unpaired) electrons. The van der Waals surface area contributed by atoms with Crippen LogP contribution >= 0.6 is 0 Å². The van der Waals surface area contributed by atoms with Gasteiger partial charge in [0.05, 0.1) is 12.2 Å². The maximum Gasteiger partial charge on any atom is 0.317 e. The van der Waals surface area contributed by atoms with Crippen LogP contribution in [0.15, 0.2) is 36.5 Å². The van der Waals surface area contributed by atoms with E-state index in [1.54, 1.807) is 9.80 Å². The Morgan fingerprint density at radius 2 is 1.92 bits per heavy atom. The van der Waals surface area contributed by atoms with Gasteiger partial charge < -0.3 is 19.7 Å². The van der Waals surface area contributed by atoms with Crippen LogP contribution in [0.4, 0.5) is 19.3 Å². The van der Waals surface area contributed by atoms with Gasteiger partial charge in [-0.3, -0.25) is 0 Å². The average Bonchev–Trinajstić information content (AvgIpc) is 3.00. The summed E-state index contributed by atoms with van der Waals surface area (Å²) in [5, 5.41) is 2.88. The summed E-state index contributed by atoms with van der Waals surface area (Å²) in [4.78, 5) is 15.7. The molecular formula is C17H20F2N4O. The molecule has 0 aliphatic carbocycles. The lowest BCUT2D eigenvalue weighted by atomic mass is 10.2. The molecule has 0 atom stereocenters. The Labute approximate surface area is 139 Å². The Balaban J connectivity index is 1.54. The van der Waals surface area contributed by atoms with E-state index in [0.717, 1.165) is 17.8 Å². The number of carbonyl (C=O) groups excluding carboxylic acids is 1. The molecular weight excluding hydrogens is 314 g/mol. The molecule has 128 valence electrons. The van der Waals surface area contributed by atoms with E-state index in [1.165, 1.54) is 6.07 Å². The number of hydrogen-bond acceptors (Lipinski definition) is 2. The van der Waals surface area contributed by atoms with Crippen molar-refractivity contribution < 1.29 is 13.6 Å². The van der Waals surface area contributed by atoms with E-state index in [1.807, 2.05) is 29.9 Å². The average molecular weight is 334 g/mol. The molecule has 7 heteroatoms. The second kappa shape index (κ2) is 6.90. The molecule has 24 heavy (non-hydrogen) atoms. The molecule has 0 spiro atoms. The van der Waals surface area contributed by atoms with Gasteiger partial charge in [-0.05, 0) is 24.3 Å². The highest BCUT2D eigenvalue weighted by molar-refractivity contribution is 5.74. The number of nitrogens with one attached hydrogen (secondary N) is 1. The van der Waals surface area contributed by atoms with Crippen LogP contribution in [0.1, 0.15) is 5.69 Å². The number of hydrogen-bond donors (Lipinski definition) is 1. The van der Waals surface area contributed by atoms with E-state index in [4.69, 9.17) is 0 Å². The number of benzene rings is 1. The highest BCUT2D eigenvalue weighted by Crippen LogP contribution is 2.21. The van der Waals surface area contributed by atoms with Gasteiger partial charge in [-0.15, -0.1) is 0 Å². The first-order valence-corrected chi connectivity index (χ1v) is 7.87. The summed E-state index contributed by atoms with van der Waals surface area (Å²) < 4.78 is 29.1. The molecule has 3 rings (SSSR count). The van der Waals surface area contributed by atoms with Crippen LogP contribution in [-0.4, -0.2) is 41.7 Å². The summed E-state index contributed by atoms with van der Waals surface area (Å²) in [6.45, 7) is 2.33. The molecule has 2 heterocycles. The Hall–Kier alpha value is -2.57. The fraction of sp³-hybridized carbons (Fsp3) is 0.353. The molecule has 2 amide bonds. The number of nitrogens with zero attached hydrogens (tertiary/aromatic N) is 3. The van der Waals surface area contributed by atoms with Crippen molar-refractivity contribution in [2.45, 2.75) is 6.54 Å².